The molecular formula is C6H8O6. The number of esters is 1. The summed E-state index contributed by atoms with van der Waals surface area (Å²) in [5.74, 6) is -1.87. The Balaban J connectivity index is 2.70. The molecule has 0 unspecified atom stereocenters. The number of hydrogen-bond acceptors (Lipinski definition) is 6. The lowest BCUT2D eigenvalue weighted by molar-refractivity contribution is -0.152. The summed E-state index contributed by atoms with van der Waals surface area (Å²) in [7, 11) is 0. The van der Waals surface area contributed by atoms with Crippen molar-refractivity contribution in [3.8, 4) is 0 Å². The van der Waals surface area contributed by atoms with E-state index in [4.69, 9.17) is 15.3 Å². The van der Waals surface area contributed by atoms with E-state index in [1.54, 1.807) is 0 Å². The predicted molar refractivity (Wildman–Crippen MR) is 34.0 cm³/mol. The second-order valence-electron chi connectivity index (χ2n) is 2.42. The van der Waals surface area contributed by atoms with Crippen molar-refractivity contribution in [3.63, 3.8) is 0 Å². The van der Waals surface area contributed by atoms with Crippen molar-refractivity contribution in [1.82, 2.24) is 0 Å². The molecular weight excluding hydrogens is 168 g/mol. The topological polar surface area (TPSA) is 104 Å². The molecule has 1 fully saturated rings. The highest BCUT2D eigenvalue weighted by Crippen LogP contribution is 2.16. The molecule has 0 aromatic rings. The maximum absolute atomic E-state index is 10.7. The minimum atomic E-state index is -1.69. The van der Waals surface area contributed by atoms with E-state index in [2.05, 4.69) is 4.74 Å². The van der Waals surface area contributed by atoms with Crippen LogP contribution < -0.4 is 0 Å². The molecule has 0 amide bonds. The zero-order chi connectivity index (χ0) is 9.30. The zero-order valence-electron chi connectivity index (χ0n) is 6.01. The molecule has 0 spiro atoms. The maximum Gasteiger partial charge on any atom is 0.338 e. The molecule has 6 heteroatoms. The zero-order valence-corrected chi connectivity index (χ0v) is 6.01. The van der Waals surface area contributed by atoms with Crippen LogP contribution in [0.5, 0.6) is 0 Å². The first-order valence-corrected chi connectivity index (χ1v) is 3.28. The van der Waals surface area contributed by atoms with E-state index >= 15 is 0 Å². The van der Waals surface area contributed by atoms with Gasteiger partial charge in [0, 0.05) is 0 Å². The summed E-state index contributed by atoms with van der Waals surface area (Å²) >= 11 is 0. The Bertz CT molecular complexity index is 212. The van der Waals surface area contributed by atoms with Gasteiger partial charge in [-0.15, -0.1) is 0 Å². The van der Waals surface area contributed by atoms with Gasteiger partial charge in [-0.25, -0.2) is 4.79 Å². The first-order chi connectivity index (χ1) is 5.57. The van der Waals surface area contributed by atoms with E-state index in [1.807, 2.05) is 0 Å². The van der Waals surface area contributed by atoms with Gasteiger partial charge in [0.2, 0.25) is 5.78 Å². The van der Waals surface area contributed by atoms with Crippen LogP contribution in [-0.2, 0) is 14.3 Å². The van der Waals surface area contributed by atoms with Gasteiger partial charge in [0.05, 0.1) is 0 Å². The monoisotopic (exact) mass is 176 g/mol. The molecule has 0 saturated carbocycles. The van der Waals surface area contributed by atoms with Crippen LogP contribution in [0.1, 0.15) is 0 Å². The number of carbonyl (C=O) groups is 2. The Kier molecular flexibility index (Phi) is 2.41. The molecule has 0 aliphatic carbocycles. The van der Waals surface area contributed by atoms with Crippen molar-refractivity contribution >= 4 is 11.8 Å². The van der Waals surface area contributed by atoms with E-state index in [-0.39, 0.29) is 0 Å². The van der Waals surface area contributed by atoms with Crippen LogP contribution >= 0.6 is 0 Å². The Hall–Kier alpha value is -0.980. The average Bonchev–Trinajstić information content (AvgIpc) is 2.32. The van der Waals surface area contributed by atoms with E-state index in [0.717, 1.165) is 0 Å². The molecule has 1 heterocycles. The van der Waals surface area contributed by atoms with Crippen LogP contribution in [0.4, 0.5) is 0 Å². The third-order valence-corrected chi connectivity index (χ3v) is 1.59. The van der Waals surface area contributed by atoms with E-state index in [0.29, 0.717) is 0 Å². The molecule has 1 aliphatic rings. The van der Waals surface area contributed by atoms with Gasteiger partial charge in [0.15, 0.2) is 12.2 Å². The van der Waals surface area contributed by atoms with E-state index < -0.39 is 36.7 Å². The third-order valence-electron chi connectivity index (χ3n) is 1.59. The summed E-state index contributed by atoms with van der Waals surface area (Å²) in [6.45, 7) is -0.832. The van der Waals surface area contributed by atoms with E-state index in [9.17, 15) is 9.59 Å². The SMILES string of the molecule is O=C1O[C@@H](C(=O)CO)[C@@H](O)[C@@H]1O. The van der Waals surface area contributed by atoms with Crippen LogP contribution in [0, 0.1) is 0 Å². The molecule has 0 bridgehead atoms. The summed E-state index contributed by atoms with van der Waals surface area (Å²) < 4.78 is 4.29. The normalized spacial score (nSPS) is 34.9. The average molecular weight is 176 g/mol. The van der Waals surface area contributed by atoms with Crippen molar-refractivity contribution < 1.29 is 29.6 Å². The number of hydrogen-bond donors (Lipinski definition) is 3. The number of cyclic esters (lactones) is 1. The molecule has 0 radical (unpaired) electrons. The highest BCUT2D eigenvalue weighted by Gasteiger charge is 2.45. The van der Waals surface area contributed by atoms with Gasteiger partial charge in [-0.3, -0.25) is 4.79 Å². The van der Waals surface area contributed by atoms with Gasteiger partial charge in [0.25, 0.3) is 0 Å². The van der Waals surface area contributed by atoms with E-state index in [1.165, 1.54) is 0 Å². The number of aliphatic hydroxyl groups is 3. The highest BCUT2D eigenvalue weighted by atomic mass is 16.6. The highest BCUT2D eigenvalue weighted by molar-refractivity contribution is 5.91. The van der Waals surface area contributed by atoms with Crippen LogP contribution in [-0.4, -0.2) is 52.0 Å². The van der Waals surface area contributed by atoms with Crippen LogP contribution in [0.25, 0.3) is 0 Å². The molecule has 68 valence electrons. The molecule has 1 rings (SSSR count). The Labute approximate surface area is 67.4 Å². The first kappa shape index (κ1) is 9.11. The molecule has 3 N–H and O–H groups in total. The number of rotatable bonds is 2. The summed E-state index contributed by atoms with van der Waals surface area (Å²) in [5.41, 5.74) is 0. The van der Waals surface area contributed by atoms with Gasteiger partial charge >= 0.3 is 5.97 Å². The number of aliphatic hydroxyl groups excluding tert-OH is 3. The minimum Gasteiger partial charge on any atom is -0.449 e. The van der Waals surface area contributed by atoms with Gasteiger partial charge < -0.3 is 20.1 Å². The number of ketones is 1. The first-order valence-electron chi connectivity index (χ1n) is 3.28. The molecule has 3 atom stereocenters. The molecule has 1 aliphatic heterocycles. The summed E-state index contributed by atoms with van der Waals surface area (Å²) in [5, 5.41) is 26.2. The fourth-order valence-corrected chi connectivity index (χ4v) is 0.916. The Morgan fingerprint density at radius 2 is 2.08 bits per heavy atom. The summed E-state index contributed by atoms with van der Waals surface area (Å²) in [6.07, 6.45) is -4.69. The predicted octanol–water partition coefficient (Wildman–Crippen LogP) is -2.81. The van der Waals surface area contributed by atoms with Crippen molar-refractivity contribution in [2.24, 2.45) is 0 Å². The Morgan fingerprint density at radius 3 is 2.42 bits per heavy atom. The number of ether oxygens (including phenoxy) is 1. The lowest BCUT2D eigenvalue weighted by Crippen LogP contribution is -2.37. The van der Waals surface area contributed by atoms with Crippen LogP contribution in [0.2, 0.25) is 0 Å². The molecule has 12 heavy (non-hydrogen) atoms. The fourth-order valence-electron chi connectivity index (χ4n) is 0.916. The molecule has 1 saturated heterocycles. The summed E-state index contributed by atoms with van der Waals surface area (Å²) in [4.78, 5) is 21.3. The largest absolute Gasteiger partial charge is 0.449 e. The lowest BCUT2D eigenvalue weighted by atomic mass is 10.1. The standard InChI is InChI=1S/C6H8O6/c7-1-2(8)5-3(9)4(10)6(11)12-5/h3-5,7,9-10H,1H2/t3-,4-,5-/m0/s1. The van der Waals surface area contributed by atoms with Crippen molar-refractivity contribution in [2.45, 2.75) is 18.3 Å². The van der Waals surface area contributed by atoms with Gasteiger partial charge in [0.1, 0.15) is 12.7 Å². The van der Waals surface area contributed by atoms with Crippen molar-refractivity contribution in [3.05, 3.63) is 0 Å². The van der Waals surface area contributed by atoms with Crippen molar-refractivity contribution in [2.75, 3.05) is 6.61 Å². The second-order valence-corrected chi connectivity index (χ2v) is 2.42. The van der Waals surface area contributed by atoms with Crippen LogP contribution in [0.3, 0.4) is 0 Å². The third kappa shape index (κ3) is 1.31. The fraction of sp³-hybridized carbons (Fsp3) is 0.667. The quantitative estimate of drug-likeness (QED) is 0.392. The van der Waals surface area contributed by atoms with Crippen molar-refractivity contribution in [1.29, 1.82) is 0 Å². The van der Waals surface area contributed by atoms with Gasteiger partial charge in [-0.1, -0.05) is 0 Å². The van der Waals surface area contributed by atoms with Gasteiger partial charge in [-0.05, 0) is 0 Å². The Morgan fingerprint density at radius 1 is 1.50 bits per heavy atom. The maximum atomic E-state index is 10.7. The molecule has 6 nitrogen and oxygen atoms in total. The smallest absolute Gasteiger partial charge is 0.338 e. The second kappa shape index (κ2) is 3.18. The number of carbonyl (C=O) groups excluding carboxylic acids is 2. The van der Waals surface area contributed by atoms with Crippen LogP contribution in [0.15, 0.2) is 0 Å². The number of Topliss-reactive ketones (excluding diaryl/α,β-unsaturated/α-hetero) is 1. The molecule has 0 aromatic carbocycles. The lowest BCUT2D eigenvalue weighted by Gasteiger charge is -2.09. The van der Waals surface area contributed by atoms with Gasteiger partial charge in [-0.2, -0.15) is 0 Å². The molecule has 0 aromatic heterocycles. The summed E-state index contributed by atoms with van der Waals surface area (Å²) in [6, 6.07) is 0. The minimum absolute atomic E-state index is 0.826.